The first kappa shape index (κ1) is 16.9. The fourth-order valence-corrected chi connectivity index (χ4v) is 2.47. The molecule has 2 aromatic carbocycles. The van der Waals surface area contributed by atoms with Crippen molar-refractivity contribution in [2.45, 2.75) is 6.18 Å². The van der Waals surface area contributed by atoms with E-state index < -0.39 is 11.7 Å². The van der Waals surface area contributed by atoms with Gasteiger partial charge in [-0.25, -0.2) is 0 Å². The van der Waals surface area contributed by atoms with Crippen molar-refractivity contribution < 1.29 is 27.2 Å². The number of benzene rings is 2. The van der Waals surface area contributed by atoms with E-state index in [2.05, 4.69) is 5.16 Å². The Kier molecular flexibility index (Phi) is 4.39. The standard InChI is InChI=1S/C18H14F3NO3/c1-23-13-7-8-16(24-2)14(9-13)17-15(10-22-25-17)11-3-5-12(6-4-11)18(19,20)21/h3-10H,1-2H3. The monoisotopic (exact) mass is 349 g/mol. The molecular weight excluding hydrogens is 335 g/mol. The third kappa shape index (κ3) is 3.31. The van der Waals surface area contributed by atoms with Crippen LogP contribution in [0.25, 0.3) is 22.5 Å². The van der Waals surface area contributed by atoms with Gasteiger partial charge in [-0.05, 0) is 35.9 Å². The molecule has 0 aliphatic rings. The van der Waals surface area contributed by atoms with Crippen LogP contribution in [0.5, 0.6) is 11.5 Å². The van der Waals surface area contributed by atoms with Gasteiger partial charge in [-0.1, -0.05) is 17.3 Å². The van der Waals surface area contributed by atoms with Crippen LogP contribution in [0, 0.1) is 0 Å². The summed E-state index contributed by atoms with van der Waals surface area (Å²) in [6.45, 7) is 0. The summed E-state index contributed by atoms with van der Waals surface area (Å²) in [6, 6.07) is 9.97. The molecule has 0 atom stereocenters. The van der Waals surface area contributed by atoms with E-state index in [0.29, 0.717) is 33.9 Å². The van der Waals surface area contributed by atoms with Crippen molar-refractivity contribution in [1.82, 2.24) is 5.16 Å². The molecule has 25 heavy (non-hydrogen) atoms. The van der Waals surface area contributed by atoms with E-state index >= 15 is 0 Å². The number of ether oxygens (including phenoxy) is 2. The van der Waals surface area contributed by atoms with E-state index in [1.165, 1.54) is 32.5 Å². The minimum atomic E-state index is -4.38. The molecule has 0 saturated heterocycles. The van der Waals surface area contributed by atoms with Gasteiger partial charge >= 0.3 is 6.18 Å². The Morgan fingerprint density at radius 3 is 2.24 bits per heavy atom. The summed E-state index contributed by atoms with van der Waals surface area (Å²) in [5.41, 5.74) is 0.983. The van der Waals surface area contributed by atoms with E-state index in [1.807, 2.05) is 0 Å². The number of rotatable bonds is 4. The van der Waals surface area contributed by atoms with Crippen LogP contribution in [-0.4, -0.2) is 19.4 Å². The molecular formula is C18H14F3NO3. The third-order valence-corrected chi connectivity index (χ3v) is 3.74. The molecule has 4 nitrogen and oxygen atoms in total. The minimum absolute atomic E-state index is 0.385. The molecule has 3 rings (SSSR count). The van der Waals surface area contributed by atoms with Gasteiger partial charge in [0.05, 0.1) is 31.5 Å². The van der Waals surface area contributed by atoms with Crippen LogP contribution < -0.4 is 9.47 Å². The zero-order valence-electron chi connectivity index (χ0n) is 13.4. The van der Waals surface area contributed by atoms with Crippen molar-refractivity contribution in [2.24, 2.45) is 0 Å². The molecule has 0 N–H and O–H groups in total. The average Bonchev–Trinajstić information content (AvgIpc) is 3.10. The first-order chi connectivity index (χ1) is 11.9. The van der Waals surface area contributed by atoms with Crippen LogP contribution in [0.2, 0.25) is 0 Å². The van der Waals surface area contributed by atoms with E-state index in [-0.39, 0.29) is 0 Å². The summed E-state index contributed by atoms with van der Waals surface area (Å²) in [5.74, 6) is 1.51. The molecule has 0 radical (unpaired) electrons. The summed E-state index contributed by atoms with van der Waals surface area (Å²) in [7, 11) is 3.04. The summed E-state index contributed by atoms with van der Waals surface area (Å²) in [4.78, 5) is 0. The maximum absolute atomic E-state index is 12.7. The molecule has 0 spiro atoms. The van der Waals surface area contributed by atoms with Gasteiger partial charge in [0.1, 0.15) is 11.5 Å². The van der Waals surface area contributed by atoms with Gasteiger partial charge in [0.25, 0.3) is 0 Å². The van der Waals surface area contributed by atoms with Crippen LogP contribution in [0.1, 0.15) is 5.56 Å². The molecule has 0 fully saturated rings. The number of alkyl halides is 3. The second-order valence-corrected chi connectivity index (χ2v) is 5.21. The number of nitrogens with zero attached hydrogens (tertiary/aromatic N) is 1. The lowest BCUT2D eigenvalue weighted by Gasteiger charge is -2.10. The van der Waals surface area contributed by atoms with Crippen molar-refractivity contribution in [1.29, 1.82) is 0 Å². The Hall–Kier alpha value is -2.96. The first-order valence-corrected chi connectivity index (χ1v) is 7.28. The summed E-state index contributed by atoms with van der Waals surface area (Å²) < 4.78 is 54.1. The van der Waals surface area contributed by atoms with Crippen molar-refractivity contribution in [3.8, 4) is 33.9 Å². The molecule has 130 valence electrons. The number of hydrogen-bond acceptors (Lipinski definition) is 4. The molecule has 1 aromatic heterocycles. The Bertz CT molecular complexity index is 870. The molecule has 7 heteroatoms. The fourth-order valence-electron chi connectivity index (χ4n) is 2.47. The van der Waals surface area contributed by atoms with Crippen molar-refractivity contribution >= 4 is 0 Å². The van der Waals surface area contributed by atoms with Gasteiger partial charge in [0, 0.05) is 5.56 Å². The third-order valence-electron chi connectivity index (χ3n) is 3.74. The van der Waals surface area contributed by atoms with Gasteiger partial charge in [0.15, 0.2) is 5.76 Å². The zero-order chi connectivity index (χ0) is 18.0. The molecule has 0 unspecified atom stereocenters. The van der Waals surface area contributed by atoms with Gasteiger partial charge in [-0.15, -0.1) is 0 Å². The fraction of sp³-hybridized carbons (Fsp3) is 0.167. The molecule has 0 amide bonds. The second kappa shape index (κ2) is 6.51. The van der Waals surface area contributed by atoms with Gasteiger partial charge in [0.2, 0.25) is 0 Å². The normalized spacial score (nSPS) is 11.4. The average molecular weight is 349 g/mol. The predicted octanol–water partition coefficient (Wildman–Crippen LogP) is 5.04. The molecule has 0 aliphatic heterocycles. The van der Waals surface area contributed by atoms with Gasteiger partial charge in [-0.2, -0.15) is 13.2 Å². The van der Waals surface area contributed by atoms with E-state index in [4.69, 9.17) is 14.0 Å². The largest absolute Gasteiger partial charge is 0.497 e. The molecule has 1 heterocycles. The molecule has 0 bridgehead atoms. The summed E-state index contributed by atoms with van der Waals surface area (Å²) >= 11 is 0. The van der Waals surface area contributed by atoms with Gasteiger partial charge in [-0.3, -0.25) is 0 Å². The minimum Gasteiger partial charge on any atom is -0.497 e. The van der Waals surface area contributed by atoms with Crippen LogP contribution in [0.4, 0.5) is 13.2 Å². The predicted molar refractivity (Wildman–Crippen MR) is 85.5 cm³/mol. The molecule has 3 aromatic rings. The summed E-state index contributed by atoms with van der Waals surface area (Å²) in [5, 5.41) is 3.78. The van der Waals surface area contributed by atoms with Crippen molar-refractivity contribution in [3.05, 3.63) is 54.2 Å². The molecule has 0 aliphatic carbocycles. The van der Waals surface area contributed by atoms with Crippen LogP contribution in [0.3, 0.4) is 0 Å². The van der Waals surface area contributed by atoms with Crippen molar-refractivity contribution in [3.63, 3.8) is 0 Å². The van der Waals surface area contributed by atoms with Crippen LogP contribution in [-0.2, 0) is 6.18 Å². The quantitative estimate of drug-likeness (QED) is 0.662. The lowest BCUT2D eigenvalue weighted by molar-refractivity contribution is -0.137. The second-order valence-electron chi connectivity index (χ2n) is 5.21. The topological polar surface area (TPSA) is 44.5 Å². The van der Waals surface area contributed by atoms with E-state index in [0.717, 1.165) is 12.1 Å². The van der Waals surface area contributed by atoms with Crippen molar-refractivity contribution in [2.75, 3.05) is 14.2 Å². The maximum atomic E-state index is 12.7. The number of methoxy groups -OCH3 is 2. The zero-order valence-corrected chi connectivity index (χ0v) is 13.4. The van der Waals surface area contributed by atoms with E-state index in [9.17, 15) is 13.2 Å². The Morgan fingerprint density at radius 1 is 0.920 bits per heavy atom. The number of hydrogen-bond donors (Lipinski definition) is 0. The van der Waals surface area contributed by atoms with Crippen LogP contribution >= 0.6 is 0 Å². The highest BCUT2D eigenvalue weighted by Gasteiger charge is 2.30. The van der Waals surface area contributed by atoms with Gasteiger partial charge < -0.3 is 14.0 Å². The lowest BCUT2D eigenvalue weighted by Crippen LogP contribution is -2.03. The SMILES string of the molecule is COc1ccc(OC)c(-c2oncc2-c2ccc(C(F)(F)F)cc2)c1. The van der Waals surface area contributed by atoms with Crippen LogP contribution in [0.15, 0.2) is 53.2 Å². The maximum Gasteiger partial charge on any atom is 0.416 e. The summed E-state index contributed by atoms with van der Waals surface area (Å²) in [6.07, 6.45) is -2.93. The molecule has 0 saturated carbocycles. The number of halogens is 3. The highest BCUT2D eigenvalue weighted by Crippen LogP contribution is 2.40. The Morgan fingerprint density at radius 2 is 1.64 bits per heavy atom. The number of aromatic nitrogens is 1. The Labute approximate surface area is 141 Å². The smallest absolute Gasteiger partial charge is 0.416 e. The first-order valence-electron chi connectivity index (χ1n) is 7.28. The Balaban J connectivity index is 2.07. The van der Waals surface area contributed by atoms with E-state index in [1.54, 1.807) is 18.2 Å². The lowest BCUT2D eigenvalue weighted by atomic mass is 10.0. The highest BCUT2D eigenvalue weighted by molar-refractivity contribution is 5.82. The highest BCUT2D eigenvalue weighted by atomic mass is 19.4.